The monoisotopic (exact) mass is 235 g/mol. The maximum Gasteiger partial charge on any atom is 0.126 e. The van der Waals surface area contributed by atoms with Crippen LogP contribution in [-0.4, -0.2) is 13.7 Å². The Morgan fingerprint density at radius 1 is 1.18 bits per heavy atom. The minimum Gasteiger partial charge on any atom is -0.496 e. The lowest BCUT2D eigenvalue weighted by Gasteiger charge is -2.30. The first kappa shape index (κ1) is 14.0. The molecule has 0 spiro atoms. The third kappa shape index (κ3) is 2.63. The lowest BCUT2D eigenvalue weighted by atomic mass is 9.77. The first-order chi connectivity index (χ1) is 7.85. The Labute approximate surface area is 105 Å². The summed E-state index contributed by atoms with van der Waals surface area (Å²) in [6.07, 6.45) is 0.965. The van der Waals surface area contributed by atoms with E-state index < -0.39 is 0 Å². The summed E-state index contributed by atoms with van der Waals surface area (Å²) in [7, 11) is 1.75. The number of rotatable bonds is 4. The average molecular weight is 235 g/mol. The van der Waals surface area contributed by atoms with Crippen LogP contribution in [0.25, 0.3) is 0 Å². The van der Waals surface area contributed by atoms with Crippen LogP contribution in [0.15, 0.2) is 6.07 Å². The Bertz CT molecular complexity index is 408. The van der Waals surface area contributed by atoms with Crippen LogP contribution in [0.5, 0.6) is 5.75 Å². The van der Waals surface area contributed by atoms with E-state index in [0.29, 0.717) is 6.54 Å². The van der Waals surface area contributed by atoms with Crippen LogP contribution in [-0.2, 0) is 5.41 Å². The summed E-state index contributed by atoms with van der Waals surface area (Å²) in [5.74, 6) is 1.03. The molecule has 0 amide bonds. The van der Waals surface area contributed by atoms with Crippen molar-refractivity contribution in [1.29, 1.82) is 0 Å². The maximum absolute atomic E-state index is 5.72. The molecule has 0 unspecified atom stereocenters. The summed E-state index contributed by atoms with van der Waals surface area (Å²) in [5, 5.41) is 0. The summed E-state index contributed by atoms with van der Waals surface area (Å²) >= 11 is 0. The van der Waals surface area contributed by atoms with Crippen molar-refractivity contribution in [3.05, 3.63) is 28.3 Å². The number of hydrogen-bond donors (Lipinski definition) is 1. The molecular weight excluding hydrogens is 210 g/mol. The van der Waals surface area contributed by atoms with Gasteiger partial charge in [-0.15, -0.1) is 0 Å². The highest BCUT2D eigenvalue weighted by Gasteiger charge is 2.27. The molecule has 1 rings (SSSR count). The molecule has 96 valence electrons. The minimum atomic E-state index is 0.0582. The van der Waals surface area contributed by atoms with Crippen molar-refractivity contribution in [3.63, 3.8) is 0 Å². The highest BCUT2D eigenvalue weighted by Crippen LogP contribution is 2.39. The van der Waals surface area contributed by atoms with Crippen LogP contribution in [0.4, 0.5) is 0 Å². The molecule has 0 atom stereocenters. The molecule has 17 heavy (non-hydrogen) atoms. The quantitative estimate of drug-likeness (QED) is 0.869. The third-order valence-corrected chi connectivity index (χ3v) is 3.64. The molecule has 0 aliphatic carbocycles. The predicted molar refractivity (Wildman–Crippen MR) is 73.9 cm³/mol. The lowest BCUT2D eigenvalue weighted by molar-refractivity contribution is 0.382. The molecule has 0 fully saturated rings. The Balaban J connectivity index is 3.46. The van der Waals surface area contributed by atoms with Crippen molar-refractivity contribution in [1.82, 2.24) is 0 Å². The van der Waals surface area contributed by atoms with E-state index in [1.54, 1.807) is 7.11 Å². The predicted octanol–water partition coefficient (Wildman–Crippen LogP) is 3.25. The standard InChI is InChI=1S/C15H25NO/c1-10-9-11(2)13(14(17-6)12(10)3)15(4,5)7-8-16/h9H,7-8,16H2,1-6H3. The van der Waals surface area contributed by atoms with E-state index in [0.717, 1.165) is 12.2 Å². The highest BCUT2D eigenvalue weighted by atomic mass is 16.5. The number of methoxy groups -OCH3 is 1. The lowest BCUT2D eigenvalue weighted by Crippen LogP contribution is -2.24. The second kappa shape index (κ2) is 5.09. The topological polar surface area (TPSA) is 35.2 Å². The zero-order valence-electron chi connectivity index (χ0n) is 12.0. The summed E-state index contributed by atoms with van der Waals surface area (Å²) < 4.78 is 5.63. The molecule has 1 aromatic rings. The van der Waals surface area contributed by atoms with E-state index in [1.807, 2.05) is 0 Å². The van der Waals surface area contributed by atoms with Crippen molar-refractivity contribution >= 4 is 0 Å². The van der Waals surface area contributed by atoms with Gasteiger partial charge in [0, 0.05) is 5.56 Å². The summed E-state index contributed by atoms with van der Waals surface area (Å²) in [4.78, 5) is 0. The van der Waals surface area contributed by atoms with E-state index in [1.165, 1.54) is 22.3 Å². The molecule has 2 heteroatoms. The van der Waals surface area contributed by atoms with E-state index in [2.05, 4.69) is 40.7 Å². The van der Waals surface area contributed by atoms with E-state index in [4.69, 9.17) is 10.5 Å². The average Bonchev–Trinajstić information content (AvgIpc) is 2.22. The van der Waals surface area contributed by atoms with Gasteiger partial charge in [-0.25, -0.2) is 0 Å². The Morgan fingerprint density at radius 3 is 2.24 bits per heavy atom. The van der Waals surface area contributed by atoms with Gasteiger partial charge >= 0.3 is 0 Å². The molecule has 0 heterocycles. The van der Waals surface area contributed by atoms with Gasteiger partial charge in [-0.1, -0.05) is 19.9 Å². The number of aryl methyl sites for hydroxylation is 2. The van der Waals surface area contributed by atoms with Gasteiger partial charge in [-0.2, -0.15) is 0 Å². The SMILES string of the molecule is COc1c(C)c(C)cc(C)c1C(C)(C)CCN. The molecule has 0 radical (unpaired) electrons. The van der Waals surface area contributed by atoms with E-state index >= 15 is 0 Å². The fraction of sp³-hybridized carbons (Fsp3) is 0.600. The fourth-order valence-corrected chi connectivity index (χ4v) is 2.63. The second-order valence-corrected chi connectivity index (χ2v) is 5.47. The molecule has 0 saturated heterocycles. The van der Waals surface area contributed by atoms with Gasteiger partial charge < -0.3 is 10.5 Å². The second-order valence-electron chi connectivity index (χ2n) is 5.47. The molecule has 0 aliphatic heterocycles. The highest BCUT2D eigenvalue weighted by molar-refractivity contribution is 5.52. The zero-order valence-corrected chi connectivity index (χ0v) is 12.0. The first-order valence-corrected chi connectivity index (χ1v) is 6.20. The first-order valence-electron chi connectivity index (χ1n) is 6.20. The summed E-state index contributed by atoms with van der Waals surface area (Å²) in [6.45, 7) is 11.6. The maximum atomic E-state index is 5.72. The molecule has 0 bridgehead atoms. The van der Waals surface area contributed by atoms with Gasteiger partial charge in [-0.05, 0) is 55.8 Å². The van der Waals surface area contributed by atoms with E-state index in [9.17, 15) is 0 Å². The van der Waals surface area contributed by atoms with Crippen molar-refractivity contribution in [3.8, 4) is 5.75 Å². The van der Waals surface area contributed by atoms with Gasteiger partial charge in [0.1, 0.15) is 5.75 Å². The van der Waals surface area contributed by atoms with Crippen molar-refractivity contribution in [2.45, 2.75) is 46.5 Å². The van der Waals surface area contributed by atoms with Crippen LogP contribution in [0.1, 0.15) is 42.5 Å². The smallest absolute Gasteiger partial charge is 0.126 e. The normalized spacial score (nSPS) is 11.7. The number of nitrogens with two attached hydrogens (primary N) is 1. The van der Waals surface area contributed by atoms with Crippen LogP contribution in [0, 0.1) is 20.8 Å². The zero-order chi connectivity index (χ0) is 13.2. The number of hydrogen-bond acceptors (Lipinski definition) is 2. The molecule has 0 aliphatic rings. The van der Waals surface area contributed by atoms with Gasteiger partial charge in [0.05, 0.1) is 7.11 Å². The number of ether oxygens (including phenoxy) is 1. The van der Waals surface area contributed by atoms with Gasteiger partial charge in [0.2, 0.25) is 0 Å². The van der Waals surface area contributed by atoms with Gasteiger partial charge in [0.15, 0.2) is 0 Å². The van der Waals surface area contributed by atoms with Crippen molar-refractivity contribution in [2.24, 2.45) is 5.73 Å². The summed E-state index contributed by atoms with van der Waals surface area (Å²) in [6, 6.07) is 2.24. The molecule has 2 nitrogen and oxygen atoms in total. The molecule has 0 aromatic heterocycles. The van der Waals surface area contributed by atoms with Crippen molar-refractivity contribution < 1.29 is 4.74 Å². The van der Waals surface area contributed by atoms with Crippen LogP contribution < -0.4 is 10.5 Å². The fourth-order valence-electron chi connectivity index (χ4n) is 2.63. The minimum absolute atomic E-state index is 0.0582. The Morgan fingerprint density at radius 2 is 1.76 bits per heavy atom. The Hall–Kier alpha value is -1.02. The van der Waals surface area contributed by atoms with Crippen LogP contribution in [0.2, 0.25) is 0 Å². The molecule has 1 aromatic carbocycles. The van der Waals surface area contributed by atoms with Crippen molar-refractivity contribution in [2.75, 3.05) is 13.7 Å². The molecular formula is C15H25NO. The van der Waals surface area contributed by atoms with Crippen LogP contribution >= 0.6 is 0 Å². The third-order valence-electron chi connectivity index (χ3n) is 3.64. The summed E-state index contributed by atoms with van der Waals surface area (Å²) in [5.41, 5.74) is 10.9. The van der Waals surface area contributed by atoms with Gasteiger partial charge in [0.25, 0.3) is 0 Å². The number of benzene rings is 1. The van der Waals surface area contributed by atoms with Gasteiger partial charge in [-0.3, -0.25) is 0 Å². The molecule has 0 saturated carbocycles. The molecule has 2 N–H and O–H groups in total. The van der Waals surface area contributed by atoms with Crippen LogP contribution in [0.3, 0.4) is 0 Å². The largest absolute Gasteiger partial charge is 0.496 e. The Kier molecular flexibility index (Phi) is 4.21. The van der Waals surface area contributed by atoms with E-state index in [-0.39, 0.29) is 5.41 Å².